The molecule has 0 spiro atoms. The largest absolute Gasteiger partial charge is 0.466 e. The van der Waals surface area contributed by atoms with Gasteiger partial charge in [0.05, 0.1) is 23.6 Å². The molecule has 3 N–H and O–H groups in total. The number of thiazole rings is 1. The molecule has 3 aromatic heterocycles. The van der Waals surface area contributed by atoms with Crippen molar-refractivity contribution in [3.63, 3.8) is 0 Å². The summed E-state index contributed by atoms with van der Waals surface area (Å²) in [6, 6.07) is 6.23. The first-order chi connectivity index (χ1) is 19.1. The topological polar surface area (TPSA) is 126 Å². The summed E-state index contributed by atoms with van der Waals surface area (Å²) in [5.41, 5.74) is 0.477. The number of carbonyl (C=O) groups is 1. The van der Waals surface area contributed by atoms with Crippen LogP contribution in [0.15, 0.2) is 49.1 Å². The number of nitrogens with zero attached hydrogens (tertiary/aromatic N) is 4. The van der Waals surface area contributed by atoms with E-state index in [1.165, 1.54) is 11.3 Å². The molecule has 1 saturated carbocycles. The molecule has 0 bridgehead atoms. The van der Waals surface area contributed by atoms with Gasteiger partial charge in [-0.05, 0) is 67.5 Å². The lowest BCUT2D eigenvalue weighted by molar-refractivity contribution is -0.154. The quantitative estimate of drug-likeness (QED) is 0.232. The number of ether oxygens (including phenoxy) is 1. The van der Waals surface area contributed by atoms with Crippen LogP contribution in [0.3, 0.4) is 0 Å². The minimum Gasteiger partial charge on any atom is -0.466 e. The Kier molecular flexibility index (Phi) is 7.60. The number of anilines is 2. The zero-order valence-corrected chi connectivity index (χ0v) is 22.5. The summed E-state index contributed by atoms with van der Waals surface area (Å²) >= 11 is 1.33. The van der Waals surface area contributed by atoms with Crippen LogP contribution in [-0.4, -0.2) is 42.8 Å². The average molecular weight is 573 g/mol. The molecule has 1 aliphatic carbocycles. The molecule has 0 saturated heterocycles. The minimum absolute atomic E-state index is 0.0853. The van der Waals surface area contributed by atoms with E-state index in [2.05, 4.69) is 30.5 Å². The number of esters is 1. The highest BCUT2D eigenvalue weighted by Crippen LogP contribution is 2.46. The first-order valence-electron chi connectivity index (χ1n) is 12.7. The van der Waals surface area contributed by atoms with Crippen LogP contribution >= 0.6 is 11.3 Å². The molecule has 3 atom stereocenters. The molecular formula is C27H27F3N6O3S. The van der Waals surface area contributed by atoms with E-state index in [4.69, 9.17) is 4.74 Å². The van der Waals surface area contributed by atoms with Crippen LogP contribution in [0.25, 0.3) is 21.6 Å². The van der Waals surface area contributed by atoms with Crippen LogP contribution in [0.5, 0.6) is 0 Å². The van der Waals surface area contributed by atoms with Crippen molar-refractivity contribution >= 4 is 28.9 Å². The third-order valence-electron chi connectivity index (χ3n) is 6.96. The Morgan fingerprint density at radius 2 is 2.02 bits per heavy atom. The van der Waals surface area contributed by atoms with Gasteiger partial charge in [-0.15, -0.1) is 11.3 Å². The van der Waals surface area contributed by atoms with Crippen LogP contribution in [0.2, 0.25) is 0 Å². The molecule has 0 unspecified atom stereocenters. The summed E-state index contributed by atoms with van der Waals surface area (Å²) in [5.74, 6) is -0.787. The number of H-pyrrole nitrogens is 1. The SMILES string of the molecule is CCOC(=O)[C@@H]1CC[C@@](O)(c2ncc(-c3cc(Nc4nccc(C(F)(F)F)n4)cc(-c4cn[nH]c4)c3)s2)C[C@@H]1C. The van der Waals surface area contributed by atoms with Gasteiger partial charge in [-0.1, -0.05) is 6.92 Å². The Labute approximate surface area is 231 Å². The maximum absolute atomic E-state index is 13.2. The van der Waals surface area contributed by atoms with Gasteiger partial charge < -0.3 is 15.2 Å². The normalized spacial score (nSPS) is 21.2. The van der Waals surface area contributed by atoms with Crippen LogP contribution in [-0.2, 0) is 21.3 Å². The van der Waals surface area contributed by atoms with Crippen LogP contribution in [0.1, 0.15) is 43.8 Å². The molecule has 0 radical (unpaired) electrons. The number of alkyl halides is 3. The van der Waals surface area contributed by atoms with Gasteiger partial charge in [0.25, 0.3) is 0 Å². The zero-order chi connectivity index (χ0) is 28.5. The fraction of sp³-hybridized carbons (Fsp3) is 0.370. The highest BCUT2D eigenvalue weighted by Gasteiger charge is 2.43. The van der Waals surface area contributed by atoms with Crippen molar-refractivity contribution in [1.29, 1.82) is 0 Å². The summed E-state index contributed by atoms with van der Waals surface area (Å²) in [7, 11) is 0. The number of halogens is 3. The van der Waals surface area contributed by atoms with Gasteiger partial charge in [0.2, 0.25) is 5.95 Å². The molecule has 210 valence electrons. The van der Waals surface area contributed by atoms with E-state index in [0.717, 1.165) is 33.8 Å². The summed E-state index contributed by atoms with van der Waals surface area (Å²) in [6.45, 7) is 4.02. The Morgan fingerprint density at radius 1 is 1.23 bits per heavy atom. The Bertz CT molecular complexity index is 1490. The number of hydrogen-bond acceptors (Lipinski definition) is 9. The number of carbonyl (C=O) groups excluding carboxylic acids is 1. The van der Waals surface area contributed by atoms with Crippen LogP contribution in [0.4, 0.5) is 24.8 Å². The number of rotatable bonds is 7. The molecule has 13 heteroatoms. The number of benzene rings is 1. The van der Waals surface area contributed by atoms with Crippen molar-refractivity contribution in [1.82, 2.24) is 25.1 Å². The van der Waals surface area contributed by atoms with Gasteiger partial charge >= 0.3 is 12.1 Å². The fourth-order valence-corrected chi connectivity index (χ4v) is 6.03. The van der Waals surface area contributed by atoms with Crippen molar-refractivity contribution < 1.29 is 27.8 Å². The zero-order valence-electron chi connectivity index (χ0n) is 21.7. The lowest BCUT2D eigenvalue weighted by Gasteiger charge is -2.37. The molecule has 5 rings (SSSR count). The van der Waals surface area contributed by atoms with Gasteiger partial charge in [-0.25, -0.2) is 15.0 Å². The number of aromatic amines is 1. The predicted molar refractivity (Wildman–Crippen MR) is 142 cm³/mol. The lowest BCUT2D eigenvalue weighted by atomic mass is 9.72. The highest BCUT2D eigenvalue weighted by atomic mass is 32.1. The summed E-state index contributed by atoms with van der Waals surface area (Å²) in [5, 5.41) is 21.7. The molecule has 1 fully saturated rings. The Balaban J connectivity index is 1.44. The number of hydrogen-bond donors (Lipinski definition) is 3. The van der Waals surface area contributed by atoms with Crippen LogP contribution < -0.4 is 5.32 Å². The Hall–Kier alpha value is -3.84. The maximum atomic E-state index is 13.2. The van der Waals surface area contributed by atoms with Crippen LogP contribution in [0, 0.1) is 11.8 Å². The molecule has 3 heterocycles. The molecular weight excluding hydrogens is 545 g/mol. The van der Waals surface area contributed by atoms with E-state index >= 15 is 0 Å². The van der Waals surface area contributed by atoms with Crippen molar-refractivity contribution in [2.45, 2.75) is 44.9 Å². The van der Waals surface area contributed by atoms with E-state index in [9.17, 15) is 23.1 Å². The van der Waals surface area contributed by atoms with Gasteiger partial charge in [-0.3, -0.25) is 9.89 Å². The molecule has 1 aliphatic rings. The van der Waals surface area contributed by atoms with E-state index in [1.807, 2.05) is 13.0 Å². The number of nitrogens with one attached hydrogen (secondary N) is 2. The van der Waals surface area contributed by atoms with Crippen molar-refractivity contribution in [2.24, 2.45) is 11.8 Å². The smallest absolute Gasteiger partial charge is 0.433 e. The van der Waals surface area contributed by atoms with Crippen molar-refractivity contribution in [2.75, 3.05) is 11.9 Å². The molecule has 0 aliphatic heterocycles. The summed E-state index contributed by atoms with van der Waals surface area (Å²) < 4.78 is 44.7. The molecule has 1 aromatic carbocycles. The van der Waals surface area contributed by atoms with Gasteiger partial charge in [0.15, 0.2) is 0 Å². The second kappa shape index (κ2) is 11.0. The van der Waals surface area contributed by atoms with Crippen molar-refractivity contribution in [3.8, 4) is 21.6 Å². The average Bonchev–Trinajstić information content (AvgIpc) is 3.62. The summed E-state index contributed by atoms with van der Waals surface area (Å²) in [6.07, 6.45) is 2.69. The van der Waals surface area contributed by atoms with E-state index in [0.29, 0.717) is 36.6 Å². The standard InChI is InChI=1S/C27H27F3N6O3S/c1-3-39-23(37)20-4-6-26(38,11-15(20)2)24-32-14-21(40-24)17-8-16(18-12-33-34-13-18)9-19(10-17)35-25-31-7-5-22(36-25)27(28,29)30/h5,7-10,12-15,20,38H,3-4,6,11H2,1-2H3,(H,33,34)(H,31,35,36)/t15-,20+,26-/m0/s1. The molecule has 4 aromatic rings. The first kappa shape index (κ1) is 27.7. The van der Waals surface area contributed by atoms with Gasteiger partial charge in [-0.2, -0.15) is 18.3 Å². The summed E-state index contributed by atoms with van der Waals surface area (Å²) in [4.78, 5) is 25.1. The molecule has 0 amide bonds. The monoisotopic (exact) mass is 572 g/mol. The minimum atomic E-state index is -4.60. The second-order valence-corrected chi connectivity index (χ2v) is 10.8. The van der Waals surface area contributed by atoms with E-state index in [1.54, 1.807) is 37.6 Å². The third-order valence-corrected chi connectivity index (χ3v) is 8.20. The third kappa shape index (κ3) is 5.85. The second-order valence-electron chi connectivity index (χ2n) is 9.81. The fourth-order valence-electron chi connectivity index (χ4n) is 5.00. The highest BCUT2D eigenvalue weighted by molar-refractivity contribution is 7.15. The Morgan fingerprint density at radius 3 is 2.73 bits per heavy atom. The van der Waals surface area contributed by atoms with Crippen molar-refractivity contribution in [3.05, 3.63) is 59.8 Å². The first-order valence-corrected chi connectivity index (χ1v) is 13.5. The predicted octanol–water partition coefficient (Wildman–Crippen LogP) is 5.94. The lowest BCUT2D eigenvalue weighted by Crippen LogP contribution is -2.39. The van der Waals surface area contributed by atoms with E-state index in [-0.39, 0.29) is 23.8 Å². The van der Waals surface area contributed by atoms with Gasteiger partial charge in [0, 0.05) is 29.8 Å². The molecule has 9 nitrogen and oxygen atoms in total. The van der Waals surface area contributed by atoms with E-state index < -0.39 is 17.5 Å². The van der Waals surface area contributed by atoms with Gasteiger partial charge in [0.1, 0.15) is 16.3 Å². The number of aromatic nitrogens is 5. The maximum Gasteiger partial charge on any atom is 0.433 e. The molecule has 40 heavy (non-hydrogen) atoms. The number of aliphatic hydroxyl groups is 1.